The maximum atomic E-state index is 12.9. The van der Waals surface area contributed by atoms with Crippen molar-refractivity contribution < 1.29 is 9.53 Å². The number of rotatable bonds is 4. The number of methoxy groups -OCH3 is 1. The van der Waals surface area contributed by atoms with Crippen LogP contribution >= 0.6 is 11.3 Å². The summed E-state index contributed by atoms with van der Waals surface area (Å²) < 4.78 is 7.08. The SMILES string of the molecule is COc1nnc(NC(=O)c2cnc(C)cc2-c2cccc3c2ccn3C)s1. The number of aryl methyl sites for hydroxylation is 2. The Labute approximate surface area is 159 Å². The highest BCUT2D eigenvalue weighted by atomic mass is 32.1. The van der Waals surface area contributed by atoms with E-state index in [4.69, 9.17) is 4.74 Å². The number of nitrogens with zero attached hydrogens (tertiary/aromatic N) is 4. The Balaban J connectivity index is 1.79. The maximum absolute atomic E-state index is 12.9. The largest absolute Gasteiger partial charge is 0.472 e. The van der Waals surface area contributed by atoms with Crippen molar-refractivity contribution in [1.82, 2.24) is 19.7 Å². The number of benzene rings is 1. The van der Waals surface area contributed by atoms with Crippen molar-refractivity contribution in [2.75, 3.05) is 12.4 Å². The molecule has 0 unspecified atom stereocenters. The number of aromatic nitrogens is 4. The molecule has 0 saturated heterocycles. The van der Waals surface area contributed by atoms with Crippen LogP contribution in [0.5, 0.6) is 5.19 Å². The average Bonchev–Trinajstić information content (AvgIpc) is 3.28. The van der Waals surface area contributed by atoms with E-state index < -0.39 is 0 Å². The zero-order valence-corrected chi connectivity index (χ0v) is 15.9. The van der Waals surface area contributed by atoms with Gasteiger partial charge in [0.05, 0.1) is 12.7 Å². The van der Waals surface area contributed by atoms with Crippen molar-refractivity contribution in [3.63, 3.8) is 0 Å². The van der Waals surface area contributed by atoms with Gasteiger partial charge in [-0.25, -0.2) is 0 Å². The normalized spacial score (nSPS) is 10.9. The van der Waals surface area contributed by atoms with Crippen molar-refractivity contribution in [2.24, 2.45) is 7.05 Å². The van der Waals surface area contributed by atoms with Crippen LogP contribution < -0.4 is 10.1 Å². The van der Waals surface area contributed by atoms with E-state index in [9.17, 15) is 4.79 Å². The molecule has 1 amide bonds. The molecule has 7 nitrogen and oxygen atoms in total. The molecule has 0 spiro atoms. The first-order valence-electron chi connectivity index (χ1n) is 8.26. The van der Waals surface area contributed by atoms with E-state index in [1.165, 1.54) is 18.4 Å². The third kappa shape index (κ3) is 3.15. The fourth-order valence-corrected chi connectivity index (χ4v) is 3.56. The second-order valence-electron chi connectivity index (χ2n) is 6.07. The molecule has 3 heterocycles. The summed E-state index contributed by atoms with van der Waals surface area (Å²) in [6, 6.07) is 10.0. The number of fused-ring (bicyclic) bond motifs is 1. The molecule has 0 aliphatic carbocycles. The number of amides is 1. The number of carbonyl (C=O) groups excluding carboxylic acids is 1. The molecule has 1 N–H and O–H groups in total. The summed E-state index contributed by atoms with van der Waals surface area (Å²) in [5, 5.41) is 12.4. The first-order valence-corrected chi connectivity index (χ1v) is 9.08. The van der Waals surface area contributed by atoms with Crippen molar-refractivity contribution in [3.05, 3.63) is 54.0 Å². The summed E-state index contributed by atoms with van der Waals surface area (Å²) >= 11 is 1.17. The highest BCUT2D eigenvalue weighted by Crippen LogP contribution is 2.32. The summed E-state index contributed by atoms with van der Waals surface area (Å²) in [4.78, 5) is 17.2. The van der Waals surface area contributed by atoms with Crippen LogP contribution in [0.3, 0.4) is 0 Å². The number of anilines is 1. The van der Waals surface area contributed by atoms with Gasteiger partial charge in [0.25, 0.3) is 11.1 Å². The number of hydrogen-bond acceptors (Lipinski definition) is 6. The summed E-state index contributed by atoms with van der Waals surface area (Å²) in [5.41, 5.74) is 4.23. The summed E-state index contributed by atoms with van der Waals surface area (Å²) in [6.07, 6.45) is 3.61. The molecular weight excluding hydrogens is 362 g/mol. The smallest absolute Gasteiger partial charge is 0.295 e. The van der Waals surface area contributed by atoms with E-state index >= 15 is 0 Å². The van der Waals surface area contributed by atoms with E-state index in [-0.39, 0.29) is 5.91 Å². The Kier molecular flexibility index (Phi) is 4.33. The molecule has 4 aromatic rings. The topological polar surface area (TPSA) is 81.9 Å². The summed E-state index contributed by atoms with van der Waals surface area (Å²) in [7, 11) is 3.51. The van der Waals surface area contributed by atoms with E-state index in [0.29, 0.717) is 15.9 Å². The predicted octanol–water partition coefficient (Wildman–Crippen LogP) is 3.66. The van der Waals surface area contributed by atoms with Crippen LogP contribution in [0.15, 0.2) is 42.7 Å². The van der Waals surface area contributed by atoms with Crippen LogP contribution in [0, 0.1) is 6.92 Å². The standard InChI is InChI=1S/C19H17N5O2S/c1-11-9-14(12-5-4-6-16-13(12)7-8-24(16)2)15(10-20-11)17(25)21-18-22-23-19(26-3)27-18/h4-10H,1-3H3,(H,21,22,25). The van der Waals surface area contributed by atoms with Crippen LogP contribution in [-0.2, 0) is 7.05 Å². The summed E-state index contributed by atoms with van der Waals surface area (Å²) in [5.74, 6) is -0.288. The summed E-state index contributed by atoms with van der Waals surface area (Å²) in [6.45, 7) is 1.91. The molecule has 136 valence electrons. The van der Waals surface area contributed by atoms with Gasteiger partial charge in [0.1, 0.15) is 0 Å². The highest BCUT2D eigenvalue weighted by Gasteiger charge is 2.18. The molecule has 4 rings (SSSR count). The lowest BCUT2D eigenvalue weighted by Crippen LogP contribution is -2.14. The van der Waals surface area contributed by atoms with Gasteiger partial charge in [-0.2, -0.15) is 0 Å². The zero-order chi connectivity index (χ0) is 19.0. The van der Waals surface area contributed by atoms with Gasteiger partial charge in [-0.15, -0.1) is 5.10 Å². The van der Waals surface area contributed by atoms with Crippen LogP contribution in [0.2, 0.25) is 0 Å². The molecule has 0 atom stereocenters. The molecule has 3 aromatic heterocycles. The number of pyridine rings is 1. The molecule has 27 heavy (non-hydrogen) atoms. The molecule has 0 bridgehead atoms. The second-order valence-corrected chi connectivity index (χ2v) is 7.01. The fourth-order valence-electron chi connectivity index (χ4n) is 3.01. The minimum atomic E-state index is -0.288. The zero-order valence-electron chi connectivity index (χ0n) is 15.1. The first-order chi connectivity index (χ1) is 13.1. The van der Waals surface area contributed by atoms with Gasteiger partial charge >= 0.3 is 0 Å². The number of ether oxygens (including phenoxy) is 1. The van der Waals surface area contributed by atoms with Crippen LogP contribution in [0.25, 0.3) is 22.0 Å². The quantitative estimate of drug-likeness (QED) is 0.585. The van der Waals surface area contributed by atoms with Crippen LogP contribution in [0.4, 0.5) is 5.13 Å². The molecule has 8 heteroatoms. The lowest BCUT2D eigenvalue weighted by atomic mass is 9.97. The second kappa shape index (κ2) is 6.81. The van der Waals surface area contributed by atoms with E-state index in [2.05, 4.69) is 37.2 Å². The molecule has 0 radical (unpaired) electrons. The van der Waals surface area contributed by atoms with Crippen molar-refractivity contribution in [2.45, 2.75) is 6.92 Å². The number of nitrogens with one attached hydrogen (secondary N) is 1. The molecule has 0 saturated carbocycles. The van der Waals surface area contributed by atoms with Gasteiger partial charge in [-0.3, -0.25) is 15.1 Å². The Hall–Kier alpha value is -3.26. The molecule has 0 fully saturated rings. The van der Waals surface area contributed by atoms with Crippen molar-refractivity contribution in [3.8, 4) is 16.3 Å². The van der Waals surface area contributed by atoms with Gasteiger partial charge in [-0.1, -0.05) is 17.2 Å². The van der Waals surface area contributed by atoms with Crippen LogP contribution in [0.1, 0.15) is 16.1 Å². The van der Waals surface area contributed by atoms with Crippen molar-refractivity contribution in [1.29, 1.82) is 0 Å². The van der Waals surface area contributed by atoms with Gasteiger partial charge in [0.2, 0.25) is 5.13 Å². The Morgan fingerprint density at radius 2 is 2.07 bits per heavy atom. The molecular formula is C19H17N5O2S. The number of carbonyl (C=O) groups is 1. The molecule has 1 aromatic carbocycles. The minimum absolute atomic E-state index is 0.288. The molecule has 0 aliphatic heterocycles. The lowest BCUT2D eigenvalue weighted by Gasteiger charge is -2.11. The van der Waals surface area contributed by atoms with Gasteiger partial charge in [-0.05, 0) is 47.6 Å². The van der Waals surface area contributed by atoms with Gasteiger partial charge in [0.15, 0.2) is 0 Å². The Bertz CT molecular complexity index is 1150. The monoisotopic (exact) mass is 379 g/mol. The lowest BCUT2D eigenvalue weighted by molar-refractivity contribution is 0.102. The molecule has 0 aliphatic rings. The van der Waals surface area contributed by atoms with Gasteiger partial charge < -0.3 is 9.30 Å². The van der Waals surface area contributed by atoms with Gasteiger partial charge in [0, 0.05) is 36.0 Å². The number of hydrogen-bond donors (Lipinski definition) is 1. The van der Waals surface area contributed by atoms with Crippen LogP contribution in [-0.4, -0.2) is 32.8 Å². The van der Waals surface area contributed by atoms with Crippen molar-refractivity contribution >= 4 is 33.3 Å². The highest BCUT2D eigenvalue weighted by molar-refractivity contribution is 7.17. The minimum Gasteiger partial charge on any atom is -0.472 e. The predicted molar refractivity (Wildman–Crippen MR) is 105 cm³/mol. The third-order valence-corrected chi connectivity index (χ3v) is 5.10. The Morgan fingerprint density at radius 3 is 2.85 bits per heavy atom. The van der Waals surface area contributed by atoms with E-state index in [0.717, 1.165) is 27.7 Å². The Morgan fingerprint density at radius 1 is 1.22 bits per heavy atom. The van der Waals surface area contributed by atoms with E-state index in [1.807, 2.05) is 38.4 Å². The maximum Gasteiger partial charge on any atom is 0.295 e. The first kappa shape index (κ1) is 17.2. The fraction of sp³-hybridized carbons (Fsp3) is 0.158. The van der Waals surface area contributed by atoms with E-state index in [1.54, 1.807) is 6.20 Å². The average molecular weight is 379 g/mol. The third-order valence-electron chi connectivity index (χ3n) is 4.30.